The largest absolute Gasteiger partial charge is 0.461 e. The van der Waals surface area contributed by atoms with Crippen LogP contribution in [0.4, 0.5) is 0 Å². The monoisotopic (exact) mass is 467 g/mol. The Morgan fingerprint density at radius 1 is 1.15 bits per heavy atom. The first-order valence-electron chi connectivity index (χ1n) is 8.15. The number of aromatic amines is 1. The van der Waals surface area contributed by atoms with Gasteiger partial charge in [0, 0.05) is 44.9 Å². The van der Waals surface area contributed by atoms with Gasteiger partial charge in [0.15, 0.2) is 11.7 Å². The van der Waals surface area contributed by atoms with Gasteiger partial charge < -0.3 is 15.1 Å². The van der Waals surface area contributed by atoms with Crippen LogP contribution in [0.1, 0.15) is 11.5 Å². The number of aromatic nitrogens is 4. The number of rotatable bonds is 7. The van der Waals surface area contributed by atoms with E-state index < -0.39 is 0 Å². The van der Waals surface area contributed by atoms with Crippen molar-refractivity contribution in [1.29, 1.82) is 0 Å². The third-order valence-corrected chi connectivity index (χ3v) is 3.55. The number of pyridine rings is 1. The average molecular weight is 467 g/mol. The first-order valence-corrected chi connectivity index (χ1v) is 8.15. The number of H-pyrrole nitrogens is 1. The third-order valence-electron chi connectivity index (χ3n) is 3.55. The molecule has 0 saturated heterocycles. The van der Waals surface area contributed by atoms with E-state index in [4.69, 9.17) is 4.42 Å². The van der Waals surface area contributed by atoms with Crippen LogP contribution in [0.3, 0.4) is 0 Å². The van der Waals surface area contributed by atoms with E-state index in [-0.39, 0.29) is 24.0 Å². The van der Waals surface area contributed by atoms with Crippen molar-refractivity contribution in [3.05, 3.63) is 54.3 Å². The van der Waals surface area contributed by atoms with E-state index in [9.17, 15) is 0 Å². The topological polar surface area (TPSA) is 104 Å². The lowest BCUT2D eigenvalue weighted by atomic mass is 10.3. The highest BCUT2D eigenvalue weighted by Crippen LogP contribution is 2.14. The maximum absolute atomic E-state index is 5.28. The number of hydrogen-bond acceptors (Lipinski definition) is 5. The number of furan rings is 1. The number of nitrogens with zero attached hydrogens (tertiary/aromatic N) is 4. The summed E-state index contributed by atoms with van der Waals surface area (Å²) in [6.45, 7) is 1.46. The van der Waals surface area contributed by atoms with Gasteiger partial charge in [-0.3, -0.25) is 15.1 Å². The molecule has 0 aliphatic carbocycles. The van der Waals surface area contributed by atoms with Crippen molar-refractivity contribution in [1.82, 2.24) is 30.8 Å². The van der Waals surface area contributed by atoms with Crippen LogP contribution in [0.15, 0.2) is 52.2 Å². The number of aliphatic imine (C=N–C) groups is 1. The number of hydrogen-bond donors (Lipinski definition) is 3. The zero-order valence-corrected chi connectivity index (χ0v) is 16.8. The smallest absolute Gasteiger partial charge is 0.216 e. The average Bonchev–Trinajstić information content (AvgIpc) is 3.33. The van der Waals surface area contributed by atoms with Crippen LogP contribution in [-0.2, 0) is 12.8 Å². The minimum absolute atomic E-state index is 0. The van der Waals surface area contributed by atoms with Gasteiger partial charge in [0.2, 0.25) is 5.82 Å². The summed E-state index contributed by atoms with van der Waals surface area (Å²) < 4.78 is 5.28. The van der Waals surface area contributed by atoms with Gasteiger partial charge in [0.25, 0.3) is 0 Å². The predicted molar refractivity (Wildman–Crippen MR) is 111 cm³/mol. The van der Waals surface area contributed by atoms with Crippen LogP contribution in [0.5, 0.6) is 0 Å². The van der Waals surface area contributed by atoms with Gasteiger partial charge >= 0.3 is 0 Å². The summed E-state index contributed by atoms with van der Waals surface area (Å²) in [4.78, 5) is 12.9. The van der Waals surface area contributed by atoms with E-state index in [1.54, 1.807) is 19.5 Å². The zero-order chi connectivity index (χ0) is 17.3. The van der Waals surface area contributed by atoms with Crippen molar-refractivity contribution < 1.29 is 4.42 Å². The third kappa shape index (κ3) is 5.83. The normalized spacial score (nSPS) is 11.0. The summed E-state index contributed by atoms with van der Waals surface area (Å²) in [7, 11) is 1.75. The second kappa shape index (κ2) is 10.5. The van der Waals surface area contributed by atoms with Gasteiger partial charge in [-0.1, -0.05) is 6.07 Å². The molecule has 0 bridgehead atoms. The molecule has 8 nitrogen and oxygen atoms in total. The molecule has 3 aromatic heterocycles. The summed E-state index contributed by atoms with van der Waals surface area (Å²) in [6, 6.07) is 9.56. The fourth-order valence-electron chi connectivity index (χ4n) is 2.30. The number of halogens is 1. The summed E-state index contributed by atoms with van der Waals surface area (Å²) in [6.07, 6.45) is 4.95. The molecule has 0 aliphatic rings. The summed E-state index contributed by atoms with van der Waals surface area (Å²) >= 11 is 0. The Morgan fingerprint density at radius 2 is 2.00 bits per heavy atom. The number of guanidine groups is 1. The van der Waals surface area contributed by atoms with Crippen molar-refractivity contribution in [3.8, 4) is 11.6 Å². The molecule has 3 heterocycles. The molecule has 138 valence electrons. The van der Waals surface area contributed by atoms with Crippen LogP contribution in [-0.4, -0.2) is 46.3 Å². The molecular weight excluding hydrogens is 445 g/mol. The van der Waals surface area contributed by atoms with Crippen LogP contribution >= 0.6 is 24.0 Å². The summed E-state index contributed by atoms with van der Waals surface area (Å²) in [5.41, 5.74) is 1.05. The van der Waals surface area contributed by atoms with Crippen LogP contribution in [0, 0.1) is 0 Å². The lowest BCUT2D eigenvalue weighted by Crippen LogP contribution is -2.39. The maximum Gasteiger partial charge on any atom is 0.216 e. The van der Waals surface area contributed by atoms with Crippen LogP contribution in [0.2, 0.25) is 0 Å². The molecule has 0 spiro atoms. The Morgan fingerprint density at radius 3 is 2.69 bits per heavy atom. The second-order valence-corrected chi connectivity index (χ2v) is 5.33. The fraction of sp³-hybridized carbons (Fsp3) is 0.294. The van der Waals surface area contributed by atoms with Crippen molar-refractivity contribution in [2.45, 2.75) is 12.8 Å². The minimum Gasteiger partial charge on any atom is -0.461 e. The summed E-state index contributed by atoms with van der Waals surface area (Å²) in [5, 5.41) is 13.6. The molecule has 0 aliphatic heterocycles. The van der Waals surface area contributed by atoms with Crippen molar-refractivity contribution >= 4 is 29.9 Å². The maximum atomic E-state index is 5.28. The SMILES string of the molecule is CN=C(NCCc1ccccn1)NCCc1nc(-c2ccco2)n[nH]1.I. The lowest BCUT2D eigenvalue weighted by molar-refractivity contribution is 0.577. The van der Waals surface area contributed by atoms with Gasteiger partial charge in [0.1, 0.15) is 5.82 Å². The molecule has 0 atom stereocenters. The van der Waals surface area contributed by atoms with E-state index in [0.717, 1.165) is 30.4 Å². The Labute approximate surface area is 169 Å². The number of nitrogens with one attached hydrogen (secondary N) is 3. The fourth-order valence-corrected chi connectivity index (χ4v) is 2.30. The first kappa shape index (κ1) is 19.9. The molecule has 3 aromatic rings. The molecule has 0 aromatic carbocycles. The Balaban J connectivity index is 0.00000243. The predicted octanol–water partition coefficient (Wildman–Crippen LogP) is 2.03. The highest BCUT2D eigenvalue weighted by molar-refractivity contribution is 14.0. The van der Waals surface area contributed by atoms with Crippen LogP contribution in [0.25, 0.3) is 11.6 Å². The highest BCUT2D eigenvalue weighted by Gasteiger charge is 2.08. The van der Waals surface area contributed by atoms with E-state index in [1.807, 2.05) is 30.3 Å². The molecule has 0 saturated carbocycles. The molecule has 0 unspecified atom stereocenters. The van der Waals surface area contributed by atoms with Crippen molar-refractivity contribution in [3.63, 3.8) is 0 Å². The van der Waals surface area contributed by atoms with E-state index in [1.165, 1.54) is 0 Å². The van der Waals surface area contributed by atoms with Crippen molar-refractivity contribution in [2.75, 3.05) is 20.1 Å². The molecule has 0 amide bonds. The Bertz CT molecular complexity index is 787. The highest BCUT2D eigenvalue weighted by atomic mass is 127. The molecule has 9 heteroatoms. The standard InChI is InChI=1S/C17H21N7O.HI/c1-18-17(20-10-7-13-5-2-3-9-19-13)21-11-8-15-22-16(24-23-15)14-6-4-12-25-14;/h2-6,9,12H,7-8,10-11H2,1H3,(H2,18,20,21)(H,22,23,24);1H. The molecular formula is C17H22IN7O. The Kier molecular flexibility index (Phi) is 8.06. The van der Waals surface area contributed by atoms with E-state index >= 15 is 0 Å². The van der Waals surface area contributed by atoms with E-state index in [0.29, 0.717) is 24.6 Å². The molecule has 3 rings (SSSR count). The van der Waals surface area contributed by atoms with Gasteiger partial charge in [0.05, 0.1) is 6.26 Å². The van der Waals surface area contributed by atoms with Crippen molar-refractivity contribution in [2.24, 2.45) is 4.99 Å². The molecule has 0 radical (unpaired) electrons. The lowest BCUT2D eigenvalue weighted by Gasteiger charge is -2.10. The molecule has 3 N–H and O–H groups in total. The second-order valence-electron chi connectivity index (χ2n) is 5.33. The van der Waals surface area contributed by atoms with Gasteiger partial charge in [-0.25, -0.2) is 4.98 Å². The quantitative estimate of drug-likeness (QED) is 0.279. The van der Waals surface area contributed by atoms with E-state index in [2.05, 4.69) is 35.8 Å². The zero-order valence-electron chi connectivity index (χ0n) is 14.5. The van der Waals surface area contributed by atoms with Crippen LogP contribution < -0.4 is 10.6 Å². The summed E-state index contributed by atoms with van der Waals surface area (Å²) in [5.74, 6) is 2.77. The van der Waals surface area contributed by atoms with Gasteiger partial charge in [-0.15, -0.1) is 24.0 Å². The van der Waals surface area contributed by atoms with Gasteiger partial charge in [-0.2, -0.15) is 5.10 Å². The first-order chi connectivity index (χ1) is 12.3. The molecule has 26 heavy (non-hydrogen) atoms. The van der Waals surface area contributed by atoms with Gasteiger partial charge in [-0.05, 0) is 24.3 Å². The minimum atomic E-state index is 0. The Hall–Kier alpha value is -2.43. The molecule has 0 fully saturated rings.